The number of hydrogen-bond donors (Lipinski definition) is 1. The Kier molecular flexibility index (Phi) is 3.36. The molecule has 12 heavy (non-hydrogen) atoms. The van der Waals surface area contributed by atoms with Gasteiger partial charge >= 0.3 is 0 Å². The second kappa shape index (κ2) is 4.58. The Morgan fingerprint density at radius 1 is 1.75 bits per heavy atom. The van der Waals surface area contributed by atoms with E-state index in [2.05, 4.69) is 16.3 Å². The molecule has 0 saturated heterocycles. The number of terminal acetylenes is 1. The highest BCUT2D eigenvalue weighted by molar-refractivity contribution is 5.02. The van der Waals surface area contributed by atoms with E-state index in [1.54, 1.807) is 4.68 Å². The van der Waals surface area contributed by atoms with Gasteiger partial charge in [-0.05, 0) is 0 Å². The summed E-state index contributed by atoms with van der Waals surface area (Å²) in [5.41, 5.74) is 1.19. The minimum atomic E-state index is 0.778. The minimum Gasteiger partial charge on any atom is -0.312 e. The van der Waals surface area contributed by atoms with Gasteiger partial charge < -0.3 is 5.32 Å². The van der Waals surface area contributed by atoms with Gasteiger partial charge in [-0.15, -0.1) is 12.3 Å². The first-order valence-corrected chi connectivity index (χ1v) is 3.94. The van der Waals surface area contributed by atoms with Crippen LogP contribution in [0.3, 0.4) is 0 Å². The van der Waals surface area contributed by atoms with Crippen LogP contribution in [0.15, 0.2) is 12.4 Å². The molecule has 0 spiro atoms. The maximum absolute atomic E-state index is 5.11. The molecule has 1 N–H and O–H groups in total. The summed E-state index contributed by atoms with van der Waals surface area (Å²) < 4.78 is 1.79. The molecule has 0 aliphatic carbocycles. The fourth-order valence-corrected chi connectivity index (χ4v) is 0.956. The topological polar surface area (TPSA) is 29.9 Å². The number of hydrogen-bond acceptors (Lipinski definition) is 2. The van der Waals surface area contributed by atoms with Crippen molar-refractivity contribution in [2.45, 2.75) is 13.0 Å². The van der Waals surface area contributed by atoms with Gasteiger partial charge in [-0.3, -0.25) is 4.68 Å². The third kappa shape index (κ3) is 2.77. The van der Waals surface area contributed by atoms with Crippen LogP contribution in [0.2, 0.25) is 0 Å². The van der Waals surface area contributed by atoms with Crippen LogP contribution in [-0.4, -0.2) is 16.3 Å². The number of rotatable bonds is 4. The molecule has 0 fully saturated rings. The first kappa shape index (κ1) is 8.82. The van der Waals surface area contributed by atoms with Crippen molar-refractivity contribution in [2.24, 2.45) is 7.05 Å². The molecule has 1 heterocycles. The summed E-state index contributed by atoms with van der Waals surface area (Å²) in [6.45, 7) is 1.71. The Balaban J connectivity index is 2.21. The van der Waals surface area contributed by atoms with Gasteiger partial charge in [0.05, 0.1) is 6.20 Å². The molecule has 0 atom stereocenters. The SMILES string of the molecule is C#CCCNCc1cnn(C)c1. The third-order valence-corrected chi connectivity index (χ3v) is 1.53. The fourth-order valence-electron chi connectivity index (χ4n) is 0.956. The molecule has 1 aromatic heterocycles. The van der Waals surface area contributed by atoms with E-state index in [0.717, 1.165) is 19.5 Å². The van der Waals surface area contributed by atoms with Crippen molar-refractivity contribution in [1.29, 1.82) is 0 Å². The quantitative estimate of drug-likeness (QED) is 0.518. The molecule has 3 heteroatoms. The van der Waals surface area contributed by atoms with E-state index in [-0.39, 0.29) is 0 Å². The van der Waals surface area contributed by atoms with E-state index in [1.165, 1.54) is 5.56 Å². The average Bonchev–Trinajstić information content (AvgIpc) is 2.45. The van der Waals surface area contributed by atoms with Gasteiger partial charge in [0.1, 0.15) is 0 Å². The molecule has 0 radical (unpaired) electrons. The molecule has 0 unspecified atom stereocenters. The maximum Gasteiger partial charge on any atom is 0.0534 e. The molecular formula is C9H13N3. The highest BCUT2D eigenvalue weighted by Crippen LogP contribution is 1.94. The molecule has 0 aromatic carbocycles. The van der Waals surface area contributed by atoms with Gasteiger partial charge in [0.25, 0.3) is 0 Å². The standard InChI is InChI=1S/C9H13N3/c1-3-4-5-10-6-9-7-11-12(2)8-9/h1,7-8,10H,4-6H2,2H3. The number of nitrogens with zero attached hydrogens (tertiary/aromatic N) is 2. The normalized spacial score (nSPS) is 9.67. The van der Waals surface area contributed by atoms with Crippen molar-refractivity contribution in [2.75, 3.05) is 6.54 Å². The van der Waals surface area contributed by atoms with E-state index in [4.69, 9.17) is 6.42 Å². The molecule has 64 valence electrons. The fraction of sp³-hybridized carbons (Fsp3) is 0.444. The lowest BCUT2D eigenvalue weighted by Crippen LogP contribution is -2.13. The van der Waals surface area contributed by atoms with Crippen molar-refractivity contribution in [1.82, 2.24) is 15.1 Å². The monoisotopic (exact) mass is 163 g/mol. The summed E-state index contributed by atoms with van der Waals surface area (Å²) in [5.74, 6) is 2.58. The van der Waals surface area contributed by atoms with Crippen LogP contribution in [0.5, 0.6) is 0 Å². The highest BCUT2D eigenvalue weighted by Gasteiger charge is 1.93. The van der Waals surface area contributed by atoms with Crippen LogP contribution in [-0.2, 0) is 13.6 Å². The lowest BCUT2D eigenvalue weighted by molar-refractivity contribution is 0.699. The van der Waals surface area contributed by atoms with Crippen molar-refractivity contribution in [3.63, 3.8) is 0 Å². The minimum absolute atomic E-state index is 0.778. The van der Waals surface area contributed by atoms with E-state index < -0.39 is 0 Å². The van der Waals surface area contributed by atoms with Crippen molar-refractivity contribution in [3.8, 4) is 12.3 Å². The number of nitrogens with one attached hydrogen (secondary N) is 1. The zero-order valence-electron chi connectivity index (χ0n) is 7.25. The van der Waals surface area contributed by atoms with E-state index in [9.17, 15) is 0 Å². The van der Waals surface area contributed by atoms with Gasteiger partial charge in [0.2, 0.25) is 0 Å². The smallest absolute Gasteiger partial charge is 0.0534 e. The van der Waals surface area contributed by atoms with Crippen LogP contribution in [0.1, 0.15) is 12.0 Å². The van der Waals surface area contributed by atoms with Gasteiger partial charge in [-0.1, -0.05) is 0 Å². The Morgan fingerprint density at radius 3 is 3.17 bits per heavy atom. The van der Waals surface area contributed by atoms with Crippen LogP contribution in [0, 0.1) is 12.3 Å². The molecule has 0 saturated carbocycles. The average molecular weight is 163 g/mol. The molecule has 0 aliphatic rings. The predicted molar refractivity (Wildman–Crippen MR) is 48.4 cm³/mol. The molecule has 1 rings (SSSR count). The van der Waals surface area contributed by atoms with Crippen molar-refractivity contribution < 1.29 is 0 Å². The van der Waals surface area contributed by atoms with Crippen LogP contribution >= 0.6 is 0 Å². The first-order valence-electron chi connectivity index (χ1n) is 3.94. The summed E-state index contributed by atoms with van der Waals surface area (Å²) >= 11 is 0. The Bertz CT molecular complexity index is 270. The lowest BCUT2D eigenvalue weighted by atomic mass is 10.3. The summed E-state index contributed by atoms with van der Waals surface area (Å²) in [6, 6.07) is 0. The highest BCUT2D eigenvalue weighted by atomic mass is 15.2. The number of aromatic nitrogens is 2. The molecule has 0 aliphatic heterocycles. The van der Waals surface area contributed by atoms with Gasteiger partial charge in [-0.25, -0.2) is 0 Å². The second-order valence-corrected chi connectivity index (χ2v) is 2.65. The molecule has 0 amide bonds. The Hall–Kier alpha value is -1.27. The third-order valence-electron chi connectivity index (χ3n) is 1.53. The zero-order valence-corrected chi connectivity index (χ0v) is 7.25. The maximum atomic E-state index is 5.11. The predicted octanol–water partition coefficient (Wildman–Crippen LogP) is 0.533. The summed E-state index contributed by atoms with van der Waals surface area (Å²) in [6.07, 6.45) is 9.72. The Morgan fingerprint density at radius 2 is 2.58 bits per heavy atom. The van der Waals surface area contributed by atoms with Gasteiger partial charge in [-0.2, -0.15) is 5.10 Å². The molecule has 3 nitrogen and oxygen atoms in total. The first-order chi connectivity index (χ1) is 5.83. The van der Waals surface area contributed by atoms with Crippen LogP contribution in [0.25, 0.3) is 0 Å². The van der Waals surface area contributed by atoms with Gasteiger partial charge in [0.15, 0.2) is 0 Å². The lowest BCUT2D eigenvalue weighted by Gasteiger charge is -1.97. The summed E-state index contributed by atoms with van der Waals surface area (Å²) in [5, 5.41) is 7.27. The van der Waals surface area contributed by atoms with Crippen molar-refractivity contribution in [3.05, 3.63) is 18.0 Å². The largest absolute Gasteiger partial charge is 0.312 e. The molecular weight excluding hydrogens is 150 g/mol. The van der Waals surface area contributed by atoms with Crippen LogP contribution in [0.4, 0.5) is 0 Å². The summed E-state index contributed by atoms with van der Waals surface area (Å²) in [7, 11) is 1.91. The van der Waals surface area contributed by atoms with E-state index >= 15 is 0 Å². The van der Waals surface area contributed by atoms with E-state index in [0.29, 0.717) is 0 Å². The second-order valence-electron chi connectivity index (χ2n) is 2.65. The molecule has 1 aromatic rings. The summed E-state index contributed by atoms with van der Waals surface area (Å²) in [4.78, 5) is 0. The van der Waals surface area contributed by atoms with Crippen LogP contribution < -0.4 is 5.32 Å². The van der Waals surface area contributed by atoms with E-state index in [1.807, 2.05) is 19.4 Å². The van der Waals surface area contributed by atoms with Crippen molar-refractivity contribution >= 4 is 0 Å². The van der Waals surface area contributed by atoms with Gasteiger partial charge in [0, 0.05) is 38.3 Å². The molecule has 0 bridgehead atoms. The zero-order chi connectivity index (χ0) is 8.81. The number of aryl methyl sites for hydroxylation is 1. The Labute approximate surface area is 72.8 Å².